The predicted octanol–water partition coefficient (Wildman–Crippen LogP) is 3.23. The molecule has 0 aliphatic carbocycles. The van der Waals surface area contributed by atoms with E-state index in [1.54, 1.807) is 6.07 Å². The van der Waals surface area contributed by atoms with Crippen molar-refractivity contribution < 1.29 is 13.2 Å². The Morgan fingerprint density at radius 1 is 1.30 bits per heavy atom. The average molecular weight is 319 g/mol. The highest BCUT2D eigenvalue weighted by Gasteiger charge is 2.08. The molecule has 0 aliphatic rings. The molecule has 0 aliphatic heterocycles. The lowest BCUT2D eigenvalue weighted by Crippen LogP contribution is -2.12. The third-order valence-electron chi connectivity index (χ3n) is 2.56. The first-order valence-corrected chi connectivity index (χ1v) is 8.66. The Morgan fingerprint density at radius 3 is 2.55 bits per heavy atom. The maximum absolute atomic E-state index is 11.6. The van der Waals surface area contributed by atoms with Crippen LogP contribution in [0.1, 0.15) is 32.6 Å². The Balaban J connectivity index is 2.65. The van der Waals surface area contributed by atoms with E-state index in [2.05, 4.69) is 17.0 Å². The average Bonchev–Trinajstić information content (AvgIpc) is 2.31. The summed E-state index contributed by atoms with van der Waals surface area (Å²) in [5, 5.41) is 2.97. The standard InChI is InChI=1S/C13H19ClN2O3S/c1-3-4-5-6-13(17)15-10-7-8-12(11(14)9-10)16-20(2,18)19/h7-9,16H,3-6H2,1-2H3,(H,15,17). The van der Waals surface area contributed by atoms with E-state index in [9.17, 15) is 13.2 Å². The third kappa shape index (κ3) is 6.25. The van der Waals surface area contributed by atoms with E-state index < -0.39 is 10.0 Å². The van der Waals surface area contributed by atoms with Crippen molar-refractivity contribution in [2.24, 2.45) is 0 Å². The first kappa shape index (κ1) is 16.8. The van der Waals surface area contributed by atoms with Crippen molar-refractivity contribution in [1.82, 2.24) is 0 Å². The first-order chi connectivity index (χ1) is 9.31. The van der Waals surface area contributed by atoms with Crippen LogP contribution < -0.4 is 10.0 Å². The summed E-state index contributed by atoms with van der Waals surface area (Å²) >= 11 is 5.97. The van der Waals surface area contributed by atoms with E-state index >= 15 is 0 Å². The second-order valence-corrected chi connectivity index (χ2v) is 6.73. The molecule has 1 amide bonds. The molecule has 0 radical (unpaired) electrons. The quantitative estimate of drug-likeness (QED) is 0.758. The minimum atomic E-state index is -3.37. The number of hydrogen-bond donors (Lipinski definition) is 2. The van der Waals surface area contributed by atoms with Crippen molar-refractivity contribution in [3.05, 3.63) is 23.2 Å². The molecule has 0 saturated carbocycles. The van der Waals surface area contributed by atoms with Gasteiger partial charge in [0, 0.05) is 12.1 Å². The highest BCUT2D eigenvalue weighted by Crippen LogP contribution is 2.26. The van der Waals surface area contributed by atoms with E-state index in [4.69, 9.17) is 11.6 Å². The zero-order valence-corrected chi connectivity index (χ0v) is 13.1. The lowest BCUT2D eigenvalue weighted by molar-refractivity contribution is -0.116. The van der Waals surface area contributed by atoms with Gasteiger partial charge in [0.2, 0.25) is 15.9 Å². The Kier molecular flexibility index (Phi) is 6.29. The summed E-state index contributed by atoms with van der Waals surface area (Å²) in [6, 6.07) is 4.65. The zero-order chi connectivity index (χ0) is 15.2. The number of anilines is 2. The Bertz CT molecular complexity index is 573. The molecule has 0 heterocycles. The van der Waals surface area contributed by atoms with Gasteiger partial charge >= 0.3 is 0 Å². The van der Waals surface area contributed by atoms with Crippen LogP contribution in [0, 0.1) is 0 Å². The van der Waals surface area contributed by atoms with E-state index in [0.717, 1.165) is 25.5 Å². The number of benzene rings is 1. The number of sulfonamides is 1. The van der Waals surface area contributed by atoms with Crippen molar-refractivity contribution in [3.63, 3.8) is 0 Å². The smallest absolute Gasteiger partial charge is 0.229 e. The van der Waals surface area contributed by atoms with Gasteiger partial charge in [-0.3, -0.25) is 9.52 Å². The molecule has 5 nitrogen and oxygen atoms in total. The van der Waals surface area contributed by atoms with Gasteiger partial charge in [-0.15, -0.1) is 0 Å². The van der Waals surface area contributed by atoms with Gasteiger partial charge in [-0.05, 0) is 24.6 Å². The molecule has 7 heteroatoms. The molecule has 0 atom stereocenters. The summed E-state index contributed by atoms with van der Waals surface area (Å²) in [5.74, 6) is -0.0710. The van der Waals surface area contributed by atoms with Crippen LogP contribution in [0.15, 0.2) is 18.2 Å². The molecule has 0 spiro atoms. The fraction of sp³-hybridized carbons (Fsp3) is 0.462. The minimum absolute atomic E-state index is 0.0710. The zero-order valence-electron chi connectivity index (χ0n) is 11.6. The fourth-order valence-electron chi connectivity index (χ4n) is 1.63. The van der Waals surface area contributed by atoms with Crippen molar-refractivity contribution in [1.29, 1.82) is 0 Å². The number of hydrogen-bond acceptors (Lipinski definition) is 3. The summed E-state index contributed by atoms with van der Waals surface area (Å²) < 4.78 is 24.5. The monoisotopic (exact) mass is 318 g/mol. The number of unbranched alkanes of at least 4 members (excludes halogenated alkanes) is 2. The molecule has 1 aromatic carbocycles. The molecular weight excluding hydrogens is 300 g/mol. The van der Waals surface area contributed by atoms with Gasteiger partial charge in [0.05, 0.1) is 17.0 Å². The maximum Gasteiger partial charge on any atom is 0.229 e. The van der Waals surface area contributed by atoms with Crippen LogP contribution in [-0.2, 0) is 14.8 Å². The molecular formula is C13H19ClN2O3S. The van der Waals surface area contributed by atoms with E-state index in [1.165, 1.54) is 12.1 Å². The van der Waals surface area contributed by atoms with Gasteiger partial charge in [0.1, 0.15) is 0 Å². The Morgan fingerprint density at radius 2 is 2.00 bits per heavy atom. The molecule has 0 aromatic heterocycles. The van der Waals surface area contributed by atoms with Crippen LogP contribution in [0.25, 0.3) is 0 Å². The highest BCUT2D eigenvalue weighted by atomic mass is 35.5. The van der Waals surface area contributed by atoms with Crippen molar-refractivity contribution in [2.45, 2.75) is 32.6 Å². The van der Waals surface area contributed by atoms with Crippen LogP contribution in [0.2, 0.25) is 5.02 Å². The lowest BCUT2D eigenvalue weighted by atomic mass is 10.2. The molecule has 20 heavy (non-hydrogen) atoms. The van der Waals surface area contributed by atoms with Crippen molar-refractivity contribution in [2.75, 3.05) is 16.3 Å². The van der Waals surface area contributed by atoms with Crippen LogP contribution in [0.4, 0.5) is 11.4 Å². The van der Waals surface area contributed by atoms with E-state index in [0.29, 0.717) is 12.1 Å². The molecule has 0 saturated heterocycles. The van der Waals surface area contributed by atoms with Crippen LogP contribution >= 0.6 is 11.6 Å². The molecule has 1 rings (SSSR count). The summed E-state index contributed by atoms with van der Waals surface area (Å²) in [6.45, 7) is 2.07. The second kappa shape index (κ2) is 7.50. The Labute approximate surface area is 124 Å². The molecule has 1 aromatic rings. The second-order valence-electron chi connectivity index (χ2n) is 4.57. The number of rotatable bonds is 7. The highest BCUT2D eigenvalue weighted by molar-refractivity contribution is 7.92. The number of carbonyl (C=O) groups excluding carboxylic acids is 1. The minimum Gasteiger partial charge on any atom is -0.326 e. The number of halogens is 1. The molecule has 112 valence electrons. The first-order valence-electron chi connectivity index (χ1n) is 6.39. The summed E-state index contributed by atoms with van der Waals surface area (Å²) in [7, 11) is -3.37. The van der Waals surface area contributed by atoms with E-state index in [-0.39, 0.29) is 16.6 Å². The molecule has 0 fully saturated rings. The normalized spacial score (nSPS) is 11.2. The van der Waals surface area contributed by atoms with Gasteiger partial charge in [0.25, 0.3) is 0 Å². The van der Waals surface area contributed by atoms with Crippen LogP contribution in [-0.4, -0.2) is 20.6 Å². The molecule has 0 unspecified atom stereocenters. The predicted molar refractivity (Wildman–Crippen MR) is 82.7 cm³/mol. The molecule has 2 N–H and O–H groups in total. The van der Waals surface area contributed by atoms with Gasteiger partial charge < -0.3 is 5.32 Å². The number of carbonyl (C=O) groups is 1. The van der Waals surface area contributed by atoms with Crippen molar-refractivity contribution >= 4 is 38.9 Å². The summed E-state index contributed by atoms with van der Waals surface area (Å²) in [4.78, 5) is 11.6. The van der Waals surface area contributed by atoms with Gasteiger partial charge in [0.15, 0.2) is 0 Å². The van der Waals surface area contributed by atoms with E-state index in [1.807, 2.05) is 0 Å². The fourth-order valence-corrected chi connectivity index (χ4v) is 2.50. The summed E-state index contributed by atoms with van der Waals surface area (Å²) in [6.07, 6.45) is 4.45. The Hall–Kier alpha value is -1.27. The largest absolute Gasteiger partial charge is 0.326 e. The molecule has 0 bridgehead atoms. The SMILES string of the molecule is CCCCCC(=O)Nc1ccc(NS(C)(=O)=O)c(Cl)c1. The van der Waals surface area contributed by atoms with Crippen LogP contribution in [0.3, 0.4) is 0 Å². The van der Waals surface area contributed by atoms with Gasteiger partial charge in [-0.25, -0.2) is 8.42 Å². The van der Waals surface area contributed by atoms with Gasteiger partial charge in [-0.1, -0.05) is 31.4 Å². The van der Waals surface area contributed by atoms with Crippen molar-refractivity contribution in [3.8, 4) is 0 Å². The number of amides is 1. The maximum atomic E-state index is 11.6. The lowest BCUT2D eigenvalue weighted by Gasteiger charge is -2.09. The number of nitrogens with one attached hydrogen (secondary N) is 2. The third-order valence-corrected chi connectivity index (χ3v) is 3.46. The topological polar surface area (TPSA) is 75.3 Å². The van der Waals surface area contributed by atoms with Gasteiger partial charge in [-0.2, -0.15) is 0 Å². The summed E-state index contributed by atoms with van der Waals surface area (Å²) in [5.41, 5.74) is 0.841. The van der Waals surface area contributed by atoms with Crippen LogP contribution in [0.5, 0.6) is 0 Å².